The van der Waals surface area contributed by atoms with Crippen molar-refractivity contribution >= 4 is 56.9 Å². The number of nitrogens with one attached hydrogen (secondary N) is 2. The highest BCUT2D eigenvalue weighted by molar-refractivity contribution is 14.1. The van der Waals surface area contributed by atoms with Crippen molar-refractivity contribution in [3.05, 3.63) is 98.1 Å². The fourth-order valence-electron chi connectivity index (χ4n) is 3.41. The molecule has 0 saturated heterocycles. The molecule has 1 heterocycles. The number of rotatable bonds is 10. The number of carbonyl (C=O) groups is 1. The number of ether oxygens (including phenoxy) is 2. The monoisotopic (exact) mass is 666 g/mol. The van der Waals surface area contributed by atoms with Crippen LogP contribution in [0.4, 0.5) is 24.0 Å². The van der Waals surface area contributed by atoms with Crippen molar-refractivity contribution in [1.82, 2.24) is 10.4 Å². The molecule has 0 saturated carbocycles. The quantitative estimate of drug-likeness (QED) is 0.111. The third-order valence-corrected chi connectivity index (χ3v) is 6.82. The molecule has 4 aromatic rings. The lowest BCUT2D eigenvalue weighted by Gasteiger charge is -2.13. The van der Waals surface area contributed by atoms with E-state index in [-0.39, 0.29) is 12.1 Å². The van der Waals surface area contributed by atoms with Gasteiger partial charge in [0.15, 0.2) is 16.6 Å². The Bertz CT molecular complexity index is 1460. The summed E-state index contributed by atoms with van der Waals surface area (Å²) < 4.78 is 51.0. The van der Waals surface area contributed by atoms with Crippen molar-refractivity contribution in [1.29, 1.82) is 0 Å². The van der Waals surface area contributed by atoms with Gasteiger partial charge in [-0.1, -0.05) is 36.4 Å². The number of hydrogen-bond donors (Lipinski definition) is 2. The number of benzene rings is 3. The first-order valence-corrected chi connectivity index (χ1v) is 13.4. The highest BCUT2D eigenvalue weighted by Crippen LogP contribution is 2.34. The lowest BCUT2D eigenvalue weighted by Crippen LogP contribution is -2.20. The first kappa shape index (κ1) is 28.4. The van der Waals surface area contributed by atoms with Gasteiger partial charge in [-0.05, 0) is 64.0 Å². The number of nitrogens with zero attached hydrogens (tertiary/aromatic N) is 2. The molecule has 7 nitrogen and oxygen atoms in total. The molecule has 0 unspecified atom stereocenters. The smallest absolute Gasteiger partial charge is 0.416 e. The van der Waals surface area contributed by atoms with Gasteiger partial charge in [-0.25, -0.2) is 10.4 Å². The Morgan fingerprint density at radius 2 is 1.92 bits per heavy atom. The van der Waals surface area contributed by atoms with Crippen LogP contribution >= 0.6 is 33.9 Å². The second-order valence-electron chi connectivity index (χ2n) is 8.13. The summed E-state index contributed by atoms with van der Waals surface area (Å²) in [5, 5.41) is 8.88. The third-order valence-electron chi connectivity index (χ3n) is 5.22. The first-order chi connectivity index (χ1) is 18.7. The molecule has 0 fully saturated rings. The van der Waals surface area contributed by atoms with Crippen LogP contribution in [0.15, 0.2) is 77.2 Å². The number of alkyl halides is 3. The molecule has 0 aliphatic carbocycles. The number of hydrogen-bond acceptors (Lipinski definition) is 7. The summed E-state index contributed by atoms with van der Waals surface area (Å²) in [7, 11) is 1.55. The van der Waals surface area contributed by atoms with E-state index in [2.05, 4.69) is 43.4 Å². The number of methoxy groups -OCH3 is 1. The number of carbonyl (C=O) groups excluding carboxylic acids is 1. The summed E-state index contributed by atoms with van der Waals surface area (Å²) in [6.45, 7) is 0.393. The lowest BCUT2D eigenvalue weighted by atomic mass is 10.2. The van der Waals surface area contributed by atoms with Crippen LogP contribution in [0.1, 0.15) is 22.4 Å². The Morgan fingerprint density at radius 3 is 2.67 bits per heavy atom. The van der Waals surface area contributed by atoms with Gasteiger partial charge in [0.25, 0.3) is 0 Å². The van der Waals surface area contributed by atoms with Crippen LogP contribution in [0.5, 0.6) is 11.5 Å². The van der Waals surface area contributed by atoms with Crippen LogP contribution in [0.3, 0.4) is 0 Å². The SMILES string of the molecule is COc1cc(/C=N\NC(=O)Cc2csc(Nc3cccc(C(F)(F)F)c3)n2)cc(I)c1OCc1ccccc1. The number of anilines is 2. The van der Waals surface area contributed by atoms with Gasteiger partial charge in [-0.15, -0.1) is 11.3 Å². The van der Waals surface area contributed by atoms with Crippen LogP contribution in [0, 0.1) is 3.57 Å². The molecule has 0 bridgehead atoms. The molecular weight excluding hydrogens is 644 g/mol. The summed E-state index contributed by atoms with van der Waals surface area (Å²) >= 11 is 3.33. The highest BCUT2D eigenvalue weighted by Gasteiger charge is 2.30. The predicted octanol–water partition coefficient (Wildman–Crippen LogP) is 6.79. The Kier molecular flexibility index (Phi) is 9.41. The minimum absolute atomic E-state index is 0.0504. The first-order valence-electron chi connectivity index (χ1n) is 11.5. The van der Waals surface area contributed by atoms with E-state index in [9.17, 15) is 18.0 Å². The summed E-state index contributed by atoms with van der Waals surface area (Å²) in [5.74, 6) is 0.752. The molecule has 3 aromatic carbocycles. The van der Waals surface area contributed by atoms with Crippen LogP contribution in [0.2, 0.25) is 0 Å². The largest absolute Gasteiger partial charge is 0.493 e. The summed E-state index contributed by atoms with van der Waals surface area (Å²) in [6.07, 6.45) is -3.00. The van der Waals surface area contributed by atoms with Crippen molar-refractivity contribution < 1.29 is 27.4 Å². The highest BCUT2D eigenvalue weighted by atomic mass is 127. The second kappa shape index (κ2) is 12.9. The molecule has 0 aliphatic heterocycles. The van der Waals surface area contributed by atoms with Crippen molar-refractivity contribution in [2.75, 3.05) is 12.4 Å². The average Bonchev–Trinajstić information content (AvgIpc) is 3.34. The molecule has 0 spiro atoms. The standard InChI is InChI=1S/C27H22F3IN4O3S/c1-37-23-11-18(10-22(31)25(23)38-15-17-6-3-2-4-7-17)14-32-35-24(36)13-21-16-39-26(34-21)33-20-9-5-8-19(12-20)27(28,29)30/h2-12,14,16H,13,15H2,1H3,(H,33,34)(H,35,36)/b32-14-. The molecule has 4 rings (SSSR count). The van der Waals surface area contributed by atoms with E-state index in [1.807, 2.05) is 36.4 Å². The zero-order valence-electron chi connectivity index (χ0n) is 20.5. The predicted molar refractivity (Wildman–Crippen MR) is 153 cm³/mol. The van der Waals surface area contributed by atoms with Crippen molar-refractivity contribution in [3.63, 3.8) is 0 Å². The van der Waals surface area contributed by atoms with Crippen molar-refractivity contribution in [2.24, 2.45) is 5.10 Å². The van der Waals surface area contributed by atoms with Crippen molar-refractivity contribution in [3.8, 4) is 11.5 Å². The second-order valence-corrected chi connectivity index (χ2v) is 10.1. The maximum absolute atomic E-state index is 12.9. The summed E-state index contributed by atoms with van der Waals surface area (Å²) in [4.78, 5) is 16.6. The van der Waals surface area contributed by atoms with Crippen LogP contribution in [-0.4, -0.2) is 24.2 Å². The van der Waals surface area contributed by atoms with Gasteiger partial charge in [0.2, 0.25) is 5.91 Å². The van der Waals surface area contributed by atoms with Gasteiger partial charge in [-0.2, -0.15) is 18.3 Å². The van der Waals surface area contributed by atoms with E-state index in [1.165, 1.54) is 29.7 Å². The van der Waals surface area contributed by atoms with Gasteiger partial charge < -0.3 is 14.8 Å². The molecule has 2 N–H and O–H groups in total. The minimum atomic E-state index is -4.44. The van der Waals surface area contributed by atoms with Crippen molar-refractivity contribution in [2.45, 2.75) is 19.2 Å². The van der Waals surface area contributed by atoms with Crippen LogP contribution < -0.4 is 20.2 Å². The molecule has 1 aromatic heterocycles. The van der Waals surface area contributed by atoms with Gasteiger partial charge in [0.1, 0.15) is 6.61 Å². The molecule has 1 amide bonds. The summed E-state index contributed by atoms with van der Waals surface area (Å²) in [5.41, 5.74) is 4.13. The van der Waals surface area contributed by atoms with Gasteiger partial charge in [0, 0.05) is 11.1 Å². The number of hydrazone groups is 1. The van der Waals surface area contributed by atoms with E-state index >= 15 is 0 Å². The minimum Gasteiger partial charge on any atom is -0.493 e. The Hall–Kier alpha value is -3.65. The zero-order valence-corrected chi connectivity index (χ0v) is 23.4. The van der Waals surface area contributed by atoms with Gasteiger partial charge in [0.05, 0.1) is 34.6 Å². The topological polar surface area (TPSA) is 84.8 Å². The number of thiazole rings is 1. The number of aromatic nitrogens is 1. The molecular formula is C27H22F3IN4O3S. The Balaban J connectivity index is 1.32. The molecule has 39 heavy (non-hydrogen) atoms. The molecule has 0 atom stereocenters. The van der Waals surface area contributed by atoms with Crippen LogP contribution in [0.25, 0.3) is 0 Å². The van der Waals surface area contributed by atoms with E-state index in [0.29, 0.717) is 34.5 Å². The zero-order chi connectivity index (χ0) is 27.8. The Morgan fingerprint density at radius 1 is 1.13 bits per heavy atom. The van der Waals surface area contributed by atoms with Crippen LogP contribution in [-0.2, 0) is 24.0 Å². The van der Waals surface area contributed by atoms with Gasteiger partial charge in [-0.3, -0.25) is 4.79 Å². The molecule has 0 radical (unpaired) electrons. The van der Waals surface area contributed by atoms with E-state index < -0.39 is 17.6 Å². The maximum Gasteiger partial charge on any atom is 0.416 e. The average molecular weight is 666 g/mol. The number of halogens is 4. The lowest BCUT2D eigenvalue weighted by molar-refractivity contribution is -0.137. The number of amides is 1. The normalized spacial score (nSPS) is 11.4. The Labute approximate surface area is 240 Å². The molecule has 0 aliphatic rings. The van der Waals surface area contributed by atoms with E-state index in [0.717, 1.165) is 21.3 Å². The van der Waals surface area contributed by atoms with E-state index in [1.54, 1.807) is 18.6 Å². The fraction of sp³-hybridized carbons (Fsp3) is 0.148. The molecule has 12 heteroatoms. The van der Waals surface area contributed by atoms with Gasteiger partial charge >= 0.3 is 6.18 Å². The summed E-state index contributed by atoms with van der Waals surface area (Å²) in [6, 6.07) is 18.2. The molecule has 202 valence electrons. The fourth-order valence-corrected chi connectivity index (χ4v) is 4.92. The van der Waals surface area contributed by atoms with E-state index in [4.69, 9.17) is 9.47 Å². The third kappa shape index (κ3) is 8.17. The maximum atomic E-state index is 12.9.